The largest absolute Gasteiger partial charge is 0.490 e. The molecule has 2 rings (SSSR count). The fraction of sp³-hybridized carbons (Fsp3) is 0.364. The smallest absolute Gasteiger partial charge is 0.354 e. The van der Waals surface area contributed by atoms with Gasteiger partial charge in [-0.3, -0.25) is 4.79 Å². The fourth-order valence-corrected chi connectivity index (χ4v) is 1.68. The van der Waals surface area contributed by atoms with E-state index < -0.39 is 5.97 Å². The lowest BCUT2D eigenvalue weighted by Gasteiger charge is -2.14. The Morgan fingerprint density at radius 2 is 2.31 bits per heavy atom. The number of carbonyl (C=O) groups excluding carboxylic acids is 1. The Kier molecular flexibility index (Phi) is 2.18. The average molecular weight is 221 g/mol. The summed E-state index contributed by atoms with van der Waals surface area (Å²) < 4.78 is 5.38. The Morgan fingerprint density at radius 3 is 2.88 bits per heavy atom. The molecule has 5 heteroatoms. The minimum absolute atomic E-state index is 0.126. The number of aromatic carboxylic acids is 1. The normalized spacial score (nSPS) is 16.4. The molecule has 0 radical (unpaired) electrons. The second-order valence-corrected chi connectivity index (χ2v) is 4.37. The molecule has 0 unspecified atom stereocenters. The Morgan fingerprint density at radius 1 is 1.62 bits per heavy atom. The highest BCUT2D eigenvalue weighted by Gasteiger charge is 2.36. The summed E-state index contributed by atoms with van der Waals surface area (Å²) in [7, 11) is 0. The molecular weight excluding hydrogens is 210 g/mol. The molecule has 1 N–H and O–H groups in total. The van der Waals surface area contributed by atoms with E-state index in [9.17, 15) is 9.59 Å². The lowest BCUT2D eigenvalue weighted by molar-refractivity contribution is 0.0690. The Labute approximate surface area is 92.1 Å². The van der Waals surface area contributed by atoms with Crippen LogP contribution in [0.1, 0.15) is 40.4 Å². The number of pyridine rings is 1. The highest BCUT2D eigenvalue weighted by molar-refractivity contribution is 5.90. The van der Waals surface area contributed by atoms with Crippen molar-refractivity contribution in [2.75, 3.05) is 6.61 Å². The molecule has 0 saturated carbocycles. The fourth-order valence-electron chi connectivity index (χ4n) is 1.68. The van der Waals surface area contributed by atoms with Crippen LogP contribution in [-0.4, -0.2) is 29.0 Å². The number of aldehydes is 1. The molecule has 0 aliphatic carbocycles. The van der Waals surface area contributed by atoms with Crippen LogP contribution in [0.2, 0.25) is 0 Å². The van der Waals surface area contributed by atoms with Crippen LogP contribution in [-0.2, 0) is 5.41 Å². The van der Waals surface area contributed by atoms with Crippen molar-refractivity contribution in [3.05, 3.63) is 23.0 Å². The standard InChI is InChI=1S/C11H11NO4/c1-11(2)5-16-8-6(4-13)3-7(10(14)15)12-9(8)11/h3-4H,5H2,1-2H3,(H,14,15). The third-order valence-electron chi connectivity index (χ3n) is 2.57. The van der Waals surface area contributed by atoms with E-state index in [1.807, 2.05) is 13.8 Å². The van der Waals surface area contributed by atoms with Gasteiger partial charge in [-0.1, -0.05) is 13.8 Å². The van der Waals surface area contributed by atoms with E-state index >= 15 is 0 Å². The quantitative estimate of drug-likeness (QED) is 0.761. The molecule has 0 atom stereocenters. The number of aromatic nitrogens is 1. The number of carbonyl (C=O) groups is 2. The van der Waals surface area contributed by atoms with Gasteiger partial charge in [-0.05, 0) is 6.07 Å². The average Bonchev–Trinajstić information content (AvgIpc) is 2.54. The number of rotatable bonds is 2. The number of carboxylic acid groups (broad SMARTS) is 1. The number of ether oxygens (including phenoxy) is 1. The Balaban J connectivity index is 2.68. The summed E-state index contributed by atoms with van der Waals surface area (Å²) in [6.45, 7) is 4.19. The van der Waals surface area contributed by atoms with Gasteiger partial charge in [0.05, 0.1) is 17.9 Å². The predicted octanol–water partition coefficient (Wildman–Crippen LogP) is 1.26. The third kappa shape index (κ3) is 1.44. The van der Waals surface area contributed by atoms with Crippen LogP contribution in [0.3, 0.4) is 0 Å². The summed E-state index contributed by atoms with van der Waals surface area (Å²) in [4.78, 5) is 25.7. The summed E-state index contributed by atoms with van der Waals surface area (Å²) in [6.07, 6.45) is 0.592. The van der Waals surface area contributed by atoms with E-state index in [-0.39, 0.29) is 16.7 Å². The summed E-state index contributed by atoms with van der Waals surface area (Å²) in [5.41, 5.74) is 0.292. The van der Waals surface area contributed by atoms with Crippen molar-refractivity contribution >= 4 is 12.3 Å². The van der Waals surface area contributed by atoms with Crippen LogP contribution in [0, 0.1) is 0 Å². The van der Waals surface area contributed by atoms with Gasteiger partial charge in [0.2, 0.25) is 0 Å². The second-order valence-electron chi connectivity index (χ2n) is 4.37. The molecule has 2 heterocycles. The topological polar surface area (TPSA) is 76.5 Å². The van der Waals surface area contributed by atoms with Crippen molar-refractivity contribution in [1.29, 1.82) is 0 Å². The van der Waals surface area contributed by atoms with Crippen LogP contribution in [0.15, 0.2) is 6.07 Å². The minimum atomic E-state index is -1.14. The monoisotopic (exact) mass is 221 g/mol. The predicted molar refractivity (Wildman–Crippen MR) is 55.1 cm³/mol. The van der Waals surface area contributed by atoms with E-state index in [1.54, 1.807) is 0 Å². The van der Waals surface area contributed by atoms with Crippen LogP contribution in [0.5, 0.6) is 5.75 Å². The van der Waals surface area contributed by atoms with Crippen molar-refractivity contribution in [1.82, 2.24) is 4.98 Å². The molecule has 1 aromatic rings. The molecule has 1 aliphatic heterocycles. The van der Waals surface area contributed by atoms with Gasteiger partial charge in [0.1, 0.15) is 5.69 Å². The van der Waals surface area contributed by atoms with E-state index in [0.29, 0.717) is 24.3 Å². The van der Waals surface area contributed by atoms with E-state index in [0.717, 1.165) is 0 Å². The van der Waals surface area contributed by atoms with Crippen molar-refractivity contribution in [2.24, 2.45) is 0 Å². The highest BCUT2D eigenvalue weighted by atomic mass is 16.5. The molecule has 0 fully saturated rings. The zero-order chi connectivity index (χ0) is 11.9. The number of hydrogen-bond donors (Lipinski definition) is 1. The molecule has 5 nitrogen and oxygen atoms in total. The van der Waals surface area contributed by atoms with Crippen LogP contribution in [0.4, 0.5) is 0 Å². The molecule has 1 aromatic heterocycles. The Bertz CT molecular complexity index is 479. The molecule has 0 saturated heterocycles. The van der Waals surface area contributed by atoms with Crippen molar-refractivity contribution in [3.8, 4) is 5.75 Å². The lowest BCUT2D eigenvalue weighted by atomic mass is 9.90. The van der Waals surface area contributed by atoms with Gasteiger partial charge in [-0.15, -0.1) is 0 Å². The van der Waals surface area contributed by atoms with E-state index in [1.165, 1.54) is 6.07 Å². The van der Waals surface area contributed by atoms with E-state index in [4.69, 9.17) is 9.84 Å². The first-order valence-electron chi connectivity index (χ1n) is 4.82. The molecule has 16 heavy (non-hydrogen) atoms. The van der Waals surface area contributed by atoms with Crippen LogP contribution >= 0.6 is 0 Å². The SMILES string of the molecule is CC1(C)COc2c(C=O)cc(C(=O)O)nc21. The van der Waals surface area contributed by atoms with Gasteiger partial charge in [-0.2, -0.15) is 0 Å². The second kappa shape index (κ2) is 3.30. The van der Waals surface area contributed by atoms with Crippen molar-refractivity contribution in [3.63, 3.8) is 0 Å². The summed E-state index contributed by atoms with van der Waals surface area (Å²) in [5, 5.41) is 8.89. The zero-order valence-electron chi connectivity index (χ0n) is 8.98. The maximum absolute atomic E-state index is 10.9. The van der Waals surface area contributed by atoms with Crippen molar-refractivity contribution in [2.45, 2.75) is 19.3 Å². The molecule has 0 amide bonds. The van der Waals surface area contributed by atoms with Gasteiger partial charge in [0.15, 0.2) is 12.0 Å². The first-order chi connectivity index (χ1) is 7.45. The first kappa shape index (κ1) is 10.6. The summed E-state index contributed by atoms with van der Waals surface area (Å²) >= 11 is 0. The van der Waals surface area contributed by atoms with Gasteiger partial charge in [0.25, 0.3) is 0 Å². The molecular formula is C11H11NO4. The molecule has 0 spiro atoms. The summed E-state index contributed by atoms with van der Waals surface area (Å²) in [6, 6.07) is 1.23. The van der Waals surface area contributed by atoms with Gasteiger partial charge in [0, 0.05) is 5.41 Å². The van der Waals surface area contributed by atoms with Gasteiger partial charge >= 0.3 is 5.97 Å². The number of nitrogens with zero attached hydrogens (tertiary/aromatic N) is 1. The third-order valence-corrected chi connectivity index (χ3v) is 2.57. The Hall–Kier alpha value is -1.91. The molecule has 84 valence electrons. The maximum atomic E-state index is 10.9. The summed E-state index contributed by atoms with van der Waals surface area (Å²) in [5.74, 6) is -0.737. The lowest BCUT2D eigenvalue weighted by Crippen LogP contribution is -2.20. The van der Waals surface area contributed by atoms with Crippen molar-refractivity contribution < 1.29 is 19.4 Å². The van der Waals surface area contributed by atoms with E-state index in [2.05, 4.69) is 4.98 Å². The number of carboxylic acids is 1. The number of hydrogen-bond acceptors (Lipinski definition) is 4. The van der Waals surface area contributed by atoms with Gasteiger partial charge in [-0.25, -0.2) is 9.78 Å². The first-order valence-corrected chi connectivity index (χ1v) is 4.82. The highest BCUT2D eigenvalue weighted by Crippen LogP contribution is 2.38. The van der Waals surface area contributed by atoms with Gasteiger partial charge < -0.3 is 9.84 Å². The van der Waals surface area contributed by atoms with Crippen LogP contribution in [0.25, 0.3) is 0 Å². The molecule has 0 aromatic carbocycles. The maximum Gasteiger partial charge on any atom is 0.354 e. The zero-order valence-corrected chi connectivity index (χ0v) is 8.98. The van der Waals surface area contributed by atoms with Crippen LogP contribution < -0.4 is 4.74 Å². The molecule has 0 bridgehead atoms. The number of fused-ring (bicyclic) bond motifs is 1. The molecule has 1 aliphatic rings. The minimum Gasteiger partial charge on any atom is -0.490 e.